The van der Waals surface area contributed by atoms with E-state index in [-0.39, 0.29) is 17.4 Å². The van der Waals surface area contributed by atoms with Crippen LogP contribution in [0.2, 0.25) is 5.02 Å². The molecule has 0 atom stereocenters. The Morgan fingerprint density at radius 3 is 2.65 bits per heavy atom. The molecule has 1 amide bonds. The highest BCUT2D eigenvalue weighted by Gasteiger charge is 2.07. The van der Waals surface area contributed by atoms with Crippen LogP contribution in [0.5, 0.6) is 5.75 Å². The molecule has 0 fully saturated rings. The Labute approximate surface area is 138 Å². The van der Waals surface area contributed by atoms with Gasteiger partial charge in [0.25, 0.3) is 5.91 Å². The number of carbonyl (C=O) groups excluding carboxylic acids is 1. The molecule has 0 radical (unpaired) electrons. The summed E-state index contributed by atoms with van der Waals surface area (Å²) in [5.41, 5.74) is 4.22. The number of carbonyl (C=O) groups is 1. The van der Waals surface area contributed by atoms with Crippen molar-refractivity contribution in [1.29, 1.82) is 0 Å². The minimum atomic E-state index is -0.436. The Morgan fingerprint density at radius 2 is 2.00 bits per heavy atom. The maximum absolute atomic E-state index is 11.9. The number of rotatable bonds is 3. The highest BCUT2D eigenvalue weighted by molar-refractivity contribution is 6.32. The fourth-order valence-corrected chi connectivity index (χ4v) is 1.85. The van der Waals surface area contributed by atoms with Crippen molar-refractivity contribution >= 4 is 23.7 Å². The van der Waals surface area contributed by atoms with Gasteiger partial charge < -0.3 is 10.2 Å². The number of nitrogens with zero attached hydrogens (tertiary/aromatic N) is 1. The van der Waals surface area contributed by atoms with Gasteiger partial charge in [0.1, 0.15) is 12.4 Å². The molecule has 0 aromatic heterocycles. The van der Waals surface area contributed by atoms with Gasteiger partial charge in [-0.2, -0.15) is 5.10 Å². The van der Waals surface area contributed by atoms with E-state index in [0.29, 0.717) is 5.56 Å². The summed E-state index contributed by atoms with van der Waals surface area (Å²) >= 11 is 5.74. The number of nitrogens with one attached hydrogen (secondary N) is 1. The van der Waals surface area contributed by atoms with Gasteiger partial charge in [0.15, 0.2) is 0 Å². The second-order valence-electron chi connectivity index (χ2n) is 4.45. The molecule has 0 aliphatic heterocycles. The van der Waals surface area contributed by atoms with Crippen molar-refractivity contribution in [2.75, 3.05) is 6.61 Å². The van der Waals surface area contributed by atoms with Gasteiger partial charge in [-0.15, -0.1) is 0 Å². The Morgan fingerprint density at radius 1 is 1.26 bits per heavy atom. The van der Waals surface area contributed by atoms with Crippen molar-refractivity contribution in [3.05, 3.63) is 64.2 Å². The molecule has 0 saturated carbocycles. The average Bonchev–Trinajstić information content (AvgIpc) is 2.56. The van der Waals surface area contributed by atoms with Crippen molar-refractivity contribution in [2.24, 2.45) is 5.10 Å². The number of halogens is 1. The number of benzene rings is 2. The number of aromatic hydroxyl groups is 1. The van der Waals surface area contributed by atoms with E-state index >= 15 is 0 Å². The standard InChI is InChI=1S/C17H13ClN2O3/c18-15-10-14(7-8-16(15)22)17(23)20-19-11-13-5-3-12(4-6-13)2-1-9-21/h3-8,10-11,21-22H,9H2,(H,20,23)/b19-11+. The Kier molecular flexibility index (Phi) is 5.75. The Bertz CT molecular complexity index is 790. The summed E-state index contributed by atoms with van der Waals surface area (Å²) in [6.07, 6.45) is 1.49. The van der Waals surface area contributed by atoms with Crippen molar-refractivity contribution < 1.29 is 15.0 Å². The highest BCUT2D eigenvalue weighted by atomic mass is 35.5. The molecule has 2 aromatic rings. The second kappa shape index (κ2) is 7.99. The molecular weight excluding hydrogens is 316 g/mol. The first-order valence-electron chi connectivity index (χ1n) is 6.62. The van der Waals surface area contributed by atoms with E-state index in [0.717, 1.165) is 11.1 Å². The van der Waals surface area contributed by atoms with E-state index in [1.165, 1.54) is 24.4 Å². The minimum Gasteiger partial charge on any atom is -0.506 e. The largest absolute Gasteiger partial charge is 0.506 e. The molecule has 5 nitrogen and oxygen atoms in total. The summed E-state index contributed by atoms with van der Waals surface area (Å²) in [5.74, 6) is 4.81. The molecule has 6 heteroatoms. The molecule has 0 spiro atoms. The first-order chi connectivity index (χ1) is 11.1. The molecule has 23 heavy (non-hydrogen) atoms. The quantitative estimate of drug-likeness (QED) is 0.459. The van der Waals surface area contributed by atoms with E-state index in [9.17, 15) is 9.90 Å². The third-order valence-corrected chi connectivity index (χ3v) is 3.11. The van der Waals surface area contributed by atoms with E-state index in [4.69, 9.17) is 16.7 Å². The lowest BCUT2D eigenvalue weighted by molar-refractivity contribution is 0.0955. The van der Waals surface area contributed by atoms with Crippen molar-refractivity contribution in [1.82, 2.24) is 5.43 Å². The van der Waals surface area contributed by atoms with Gasteiger partial charge in [0, 0.05) is 11.1 Å². The fourth-order valence-electron chi connectivity index (χ4n) is 1.67. The predicted molar refractivity (Wildman–Crippen MR) is 88.6 cm³/mol. The molecule has 0 heterocycles. The minimum absolute atomic E-state index is 0.0869. The zero-order valence-corrected chi connectivity index (χ0v) is 12.7. The summed E-state index contributed by atoms with van der Waals surface area (Å²) in [4.78, 5) is 11.9. The van der Waals surface area contributed by atoms with Crippen LogP contribution < -0.4 is 5.43 Å². The van der Waals surface area contributed by atoms with Crippen LogP contribution in [0.15, 0.2) is 47.6 Å². The first-order valence-corrected chi connectivity index (χ1v) is 6.99. The second-order valence-corrected chi connectivity index (χ2v) is 4.85. The van der Waals surface area contributed by atoms with Crippen LogP contribution in [0.3, 0.4) is 0 Å². The van der Waals surface area contributed by atoms with Crippen molar-refractivity contribution in [3.63, 3.8) is 0 Å². The summed E-state index contributed by atoms with van der Waals surface area (Å²) < 4.78 is 0. The molecule has 3 N–H and O–H groups in total. The van der Waals surface area contributed by atoms with Crippen LogP contribution in [-0.2, 0) is 0 Å². The van der Waals surface area contributed by atoms with Gasteiger partial charge in [-0.1, -0.05) is 35.6 Å². The molecule has 116 valence electrons. The number of phenolic OH excluding ortho intramolecular Hbond substituents is 1. The molecule has 0 aliphatic carbocycles. The zero-order chi connectivity index (χ0) is 16.7. The predicted octanol–water partition coefficient (Wildman–Crippen LogP) is 2.15. The number of phenols is 1. The smallest absolute Gasteiger partial charge is 0.271 e. The van der Waals surface area contributed by atoms with Gasteiger partial charge >= 0.3 is 0 Å². The summed E-state index contributed by atoms with van der Waals surface area (Å²) in [7, 11) is 0. The lowest BCUT2D eigenvalue weighted by Gasteiger charge is -2.02. The Balaban J connectivity index is 1.98. The first kappa shape index (κ1) is 16.6. The van der Waals surface area contributed by atoms with Crippen molar-refractivity contribution in [3.8, 4) is 17.6 Å². The van der Waals surface area contributed by atoms with Crippen LogP contribution in [0.25, 0.3) is 0 Å². The SMILES string of the molecule is O=C(N/N=C/c1ccc(C#CCO)cc1)c1ccc(O)c(Cl)c1. The van der Waals surface area contributed by atoms with E-state index in [2.05, 4.69) is 22.4 Å². The van der Waals surface area contributed by atoms with Gasteiger partial charge in [-0.25, -0.2) is 5.43 Å². The average molecular weight is 329 g/mol. The van der Waals surface area contributed by atoms with E-state index < -0.39 is 5.91 Å². The van der Waals surface area contributed by atoms with Crippen LogP contribution in [0.4, 0.5) is 0 Å². The zero-order valence-electron chi connectivity index (χ0n) is 12.0. The number of hydrogen-bond donors (Lipinski definition) is 3. The number of aliphatic hydroxyl groups is 1. The molecule has 0 unspecified atom stereocenters. The van der Waals surface area contributed by atoms with Gasteiger partial charge in [0.2, 0.25) is 0 Å². The van der Waals surface area contributed by atoms with Crippen LogP contribution >= 0.6 is 11.6 Å². The normalized spacial score (nSPS) is 10.2. The van der Waals surface area contributed by atoms with Gasteiger partial charge in [-0.05, 0) is 35.9 Å². The highest BCUT2D eigenvalue weighted by Crippen LogP contribution is 2.23. The molecule has 2 aromatic carbocycles. The van der Waals surface area contributed by atoms with Crippen molar-refractivity contribution in [2.45, 2.75) is 0 Å². The lowest BCUT2D eigenvalue weighted by Crippen LogP contribution is -2.17. The monoisotopic (exact) mass is 328 g/mol. The molecular formula is C17H13ClN2O3. The van der Waals surface area contributed by atoms with Crippen LogP contribution in [-0.4, -0.2) is 28.9 Å². The number of amides is 1. The number of hydrogen-bond acceptors (Lipinski definition) is 4. The summed E-state index contributed by atoms with van der Waals surface area (Å²) in [6, 6.07) is 11.3. The molecule has 0 saturated heterocycles. The maximum Gasteiger partial charge on any atom is 0.271 e. The topological polar surface area (TPSA) is 81.9 Å². The number of aliphatic hydroxyl groups excluding tert-OH is 1. The van der Waals surface area contributed by atoms with E-state index in [1.807, 2.05) is 0 Å². The van der Waals surface area contributed by atoms with Crippen LogP contribution in [0, 0.1) is 11.8 Å². The lowest BCUT2D eigenvalue weighted by atomic mass is 10.1. The molecule has 0 bridgehead atoms. The summed E-state index contributed by atoms with van der Waals surface area (Å²) in [6.45, 7) is -0.184. The van der Waals surface area contributed by atoms with E-state index in [1.54, 1.807) is 24.3 Å². The molecule has 0 aliphatic rings. The third kappa shape index (κ3) is 4.85. The fraction of sp³-hybridized carbons (Fsp3) is 0.0588. The van der Waals surface area contributed by atoms with Gasteiger partial charge in [0.05, 0.1) is 11.2 Å². The molecule has 2 rings (SSSR count). The third-order valence-electron chi connectivity index (χ3n) is 2.81. The number of hydrazone groups is 1. The van der Waals surface area contributed by atoms with Gasteiger partial charge in [-0.3, -0.25) is 4.79 Å². The summed E-state index contributed by atoms with van der Waals surface area (Å²) in [5, 5.41) is 21.9. The maximum atomic E-state index is 11.9. The van der Waals surface area contributed by atoms with Crippen LogP contribution in [0.1, 0.15) is 21.5 Å². The Hall–Kier alpha value is -2.81.